The molecule has 0 aromatic heterocycles. The van der Waals surface area contributed by atoms with E-state index in [4.69, 9.17) is 5.11 Å². The Morgan fingerprint density at radius 3 is 2.40 bits per heavy atom. The van der Waals surface area contributed by atoms with E-state index in [1.54, 1.807) is 0 Å². The van der Waals surface area contributed by atoms with E-state index in [1.807, 2.05) is 11.8 Å². The summed E-state index contributed by atoms with van der Waals surface area (Å²) in [6.45, 7) is 8.70. The zero-order valence-corrected chi connectivity index (χ0v) is 12.9. The lowest BCUT2D eigenvalue weighted by Crippen LogP contribution is -2.47. The molecule has 0 saturated carbocycles. The highest BCUT2D eigenvalue weighted by Crippen LogP contribution is 2.20. The summed E-state index contributed by atoms with van der Waals surface area (Å²) < 4.78 is 0. The van der Waals surface area contributed by atoms with E-state index in [-0.39, 0.29) is 12.5 Å². The van der Waals surface area contributed by atoms with Gasteiger partial charge in [0.25, 0.3) is 0 Å². The highest BCUT2D eigenvalue weighted by Gasteiger charge is 2.25. The third-order valence-corrected chi connectivity index (χ3v) is 3.92. The molecule has 1 fully saturated rings. The van der Waals surface area contributed by atoms with E-state index >= 15 is 0 Å². The smallest absolute Gasteiger partial charge is 0.317 e. The molecule has 1 aliphatic rings. The van der Waals surface area contributed by atoms with Crippen LogP contribution in [0.15, 0.2) is 0 Å². The van der Waals surface area contributed by atoms with Crippen molar-refractivity contribution in [2.24, 2.45) is 17.8 Å². The summed E-state index contributed by atoms with van der Waals surface area (Å²) in [6.07, 6.45) is 2.90. The van der Waals surface area contributed by atoms with Crippen LogP contribution in [0.3, 0.4) is 0 Å². The molecule has 2 N–H and O–H groups in total. The number of likely N-dealkylation sites (tertiary alicyclic amines) is 1. The van der Waals surface area contributed by atoms with E-state index in [0.29, 0.717) is 30.7 Å². The maximum atomic E-state index is 12.1. The predicted octanol–water partition coefficient (Wildman–Crippen LogP) is 2.56. The summed E-state index contributed by atoms with van der Waals surface area (Å²) >= 11 is 0. The number of carboxylic acids is 1. The zero-order valence-electron chi connectivity index (χ0n) is 12.9. The minimum absolute atomic E-state index is 0.0221. The molecule has 3 atom stereocenters. The third kappa shape index (κ3) is 6.26. The maximum Gasteiger partial charge on any atom is 0.317 e. The van der Waals surface area contributed by atoms with Gasteiger partial charge in [0.2, 0.25) is 0 Å². The lowest BCUT2D eigenvalue weighted by Gasteiger charge is -2.35. The number of hydrogen-bond donors (Lipinski definition) is 2. The molecule has 0 aromatic carbocycles. The molecular weight excluding hydrogens is 256 g/mol. The van der Waals surface area contributed by atoms with Crippen molar-refractivity contribution in [1.82, 2.24) is 10.2 Å². The number of nitrogens with one attached hydrogen (secondary N) is 1. The summed E-state index contributed by atoms with van der Waals surface area (Å²) in [7, 11) is 0. The first-order valence-corrected chi connectivity index (χ1v) is 7.63. The van der Waals surface area contributed by atoms with Gasteiger partial charge in [-0.3, -0.25) is 4.79 Å². The monoisotopic (exact) mass is 284 g/mol. The highest BCUT2D eigenvalue weighted by atomic mass is 16.4. The standard InChI is InChI=1S/C15H28N2O3/c1-11(4-5-14(18)19)6-7-16-15(20)17-9-12(2)8-13(3)10-17/h11-13H,4-10H2,1-3H3,(H,16,20)(H,18,19). The van der Waals surface area contributed by atoms with Crippen LogP contribution in [0.1, 0.15) is 46.5 Å². The Hall–Kier alpha value is -1.26. The van der Waals surface area contributed by atoms with Gasteiger partial charge in [0, 0.05) is 26.1 Å². The fourth-order valence-electron chi connectivity index (χ4n) is 2.88. The molecule has 5 nitrogen and oxygen atoms in total. The molecule has 2 amide bonds. The van der Waals surface area contributed by atoms with Crippen LogP contribution in [0.4, 0.5) is 4.79 Å². The second-order valence-corrected chi connectivity index (χ2v) is 6.41. The van der Waals surface area contributed by atoms with Gasteiger partial charge in [-0.05, 0) is 37.0 Å². The Morgan fingerprint density at radius 1 is 1.25 bits per heavy atom. The number of piperidine rings is 1. The molecule has 0 bridgehead atoms. The van der Waals surface area contributed by atoms with Crippen LogP contribution in [-0.2, 0) is 4.79 Å². The summed E-state index contributed by atoms with van der Waals surface area (Å²) in [5, 5.41) is 11.6. The highest BCUT2D eigenvalue weighted by molar-refractivity contribution is 5.74. The van der Waals surface area contributed by atoms with Gasteiger partial charge in [-0.1, -0.05) is 20.8 Å². The van der Waals surface area contributed by atoms with Crippen LogP contribution in [0.5, 0.6) is 0 Å². The Bertz CT molecular complexity index is 323. The molecule has 0 aromatic rings. The molecule has 20 heavy (non-hydrogen) atoms. The zero-order chi connectivity index (χ0) is 15.1. The summed E-state index contributed by atoms with van der Waals surface area (Å²) in [6, 6.07) is 0.0221. The lowest BCUT2D eigenvalue weighted by molar-refractivity contribution is -0.137. The molecular formula is C15H28N2O3. The molecule has 1 heterocycles. The molecule has 1 saturated heterocycles. The minimum Gasteiger partial charge on any atom is -0.481 e. The molecule has 0 aliphatic carbocycles. The number of hydrogen-bond acceptors (Lipinski definition) is 2. The number of aliphatic carboxylic acids is 1. The number of carboxylic acid groups (broad SMARTS) is 1. The number of carbonyl (C=O) groups excluding carboxylic acids is 1. The minimum atomic E-state index is -0.753. The summed E-state index contributed by atoms with van der Waals surface area (Å²) in [5.74, 6) is 0.709. The quantitative estimate of drug-likeness (QED) is 0.787. The number of rotatable bonds is 6. The largest absolute Gasteiger partial charge is 0.481 e. The average molecular weight is 284 g/mol. The molecule has 0 radical (unpaired) electrons. The van der Waals surface area contributed by atoms with Crippen molar-refractivity contribution in [3.63, 3.8) is 0 Å². The Labute approximate surface area is 121 Å². The Balaban J connectivity index is 2.20. The number of nitrogens with zero attached hydrogens (tertiary/aromatic N) is 1. The first kappa shape index (κ1) is 16.8. The SMILES string of the molecule is CC(CCNC(=O)N1CC(C)CC(C)C1)CCC(=O)O. The van der Waals surface area contributed by atoms with Crippen LogP contribution in [0, 0.1) is 17.8 Å². The average Bonchev–Trinajstić information content (AvgIpc) is 2.35. The fraction of sp³-hybridized carbons (Fsp3) is 0.867. The lowest BCUT2D eigenvalue weighted by atomic mass is 9.92. The fourth-order valence-corrected chi connectivity index (χ4v) is 2.88. The van der Waals surface area contributed by atoms with Gasteiger partial charge >= 0.3 is 12.0 Å². The molecule has 0 spiro atoms. The summed E-state index contributed by atoms with van der Waals surface area (Å²) in [5.41, 5.74) is 0. The Kier molecular flexibility index (Phi) is 6.82. The van der Waals surface area contributed by atoms with Crippen molar-refractivity contribution in [1.29, 1.82) is 0 Å². The van der Waals surface area contributed by atoms with Crippen LogP contribution in [0.2, 0.25) is 0 Å². The molecule has 5 heteroatoms. The second kappa shape index (κ2) is 8.12. The predicted molar refractivity (Wildman–Crippen MR) is 78.6 cm³/mol. The van der Waals surface area contributed by atoms with Crippen molar-refractivity contribution < 1.29 is 14.7 Å². The van der Waals surface area contributed by atoms with Gasteiger partial charge in [-0.15, -0.1) is 0 Å². The van der Waals surface area contributed by atoms with Gasteiger partial charge in [0.1, 0.15) is 0 Å². The van der Waals surface area contributed by atoms with Crippen LogP contribution in [-0.4, -0.2) is 41.6 Å². The van der Waals surface area contributed by atoms with Crippen molar-refractivity contribution in [3.8, 4) is 0 Å². The summed E-state index contributed by atoms with van der Waals surface area (Å²) in [4.78, 5) is 24.4. The van der Waals surface area contributed by atoms with Crippen LogP contribution in [0.25, 0.3) is 0 Å². The van der Waals surface area contributed by atoms with Gasteiger partial charge < -0.3 is 15.3 Å². The van der Waals surface area contributed by atoms with Crippen LogP contribution < -0.4 is 5.32 Å². The third-order valence-electron chi connectivity index (χ3n) is 3.92. The first-order chi connectivity index (χ1) is 9.38. The van der Waals surface area contributed by atoms with E-state index in [0.717, 1.165) is 19.5 Å². The molecule has 1 aliphatic heterocycles. The number of urea groups is 1. The normalized spacial score (nSPS) is 24.2. The Morgan fingerprint density at radius 2 is 1.85 bits per heavy atom. The van der Waals surface area contributed by atoms with E-state index in [2.05, 4.69) is 19.2 Å². The van der Waals surface area contributed by atoms with Crippen molar-refractivity contribution in [2.45, 2.75) is 46.5 Å². The van der Waals surface area contributed by atoms with E-state index in [1.165, 1.54) is 6.42 Å². The van der Waals surface area contributed by atoms with Gasteiger partial charge in [-0.2, -0.15) is 0 Å². The van der Waals surface area contributed by atoms with Gasteiger partial charge in [0.15, 0.2) is 0 Å². The number of carbonyl (C=O) groups is 2. The van der Waals surface area contributed by atoms with Crippen molar-refractivity contribution in [2.75, 3.05) is 19.6 Å². The molecule has 1 rings (SSSR count). The second-order valence-electron chi connectivity index (χ2n) is 6.41. The van der Waals surface area contributed by atoms with Crippen molar-refractivity contribution >= 4 is 12.0 Å². The van der Waals surface area contributed by atoms with E-state index < -0.39 is 5.97 Å². The first-order valence-electron chi connectivity index (χ1n) is 7.63. The van der Waals surface area contributed by atoms with Crippen molar-refractivity contribution in [3.05, 3.63) is 0 Å². The molecule has 116 valence electrons. The number of amides is 2. The van der Waals surface area contributed by atoms with Crippen LogP contribution >= 0.6 is 0 Å². The molecule has 3 unspecified atom stereocenters. The van der Waals surface area contributed by atoms with E-state index in [9.17, 15) is 9.59 Å². The maximum absolute atomic E-state index is 12.1. The topological polar surface area (TPSA) is 69.6 Å². The van der Waals surface area contributed by atoms with Gasteiger partial charge in [-0.25, -0.2) is 4.79 Å². The van der Waals surface area contributed by atoms with Gasteiger partial charge in [0.05, 0.1) is 0 Å².